The minimum absolute atomic E-state index is 0. The third-order valence-electron chi connectivity index (χ3n) is 4.01. The van der Waals surface area contributed by atoms with E-state index in [0.29, 0.717) is 35.8 Å². The van der Waals surface area contributed by atoms with Gasteiger partial charge in [-0.2, -0.15) is 0 Å². The summed E-state index contributed by atoms with van der Waals surface area (Å²) in [6.07, 6.45) is 1.72. The van der Waals surface area contributed by atoms with Crippen LogP contribution in [0.3, 0.4) is 0 Å². The molecule has 1 heterocycles. The predicted octanol–water partition coefficient (Wildman–Crippen LogP) is 4.36. The van der Waals surface area contributed by atoms with Gasteiger partial charge in [-0.05, 0) is 51.3 Å². The molecule has 0 atom stereocenters. The van der Waals surface area contributed by atoms with E-state index in [0.717, 1.165) is 18.4 Å². The normalized spacial score (nSPS) is 18.0. The fraction of sp³-hybridized carbons (Fsp3) is 0.588. The Balaban J connectivity index is 0.00000288. The summed E-state index contributed by atoms with van der Waals surface area (Å²) in [5, 5.41) is 4.51. The second kappa shape index (κ2) is 8.92. The van der Waals surface area contributed by atoms with Gasteiger partial charge in [0, 0.05) is 34.2 Å². The number of halogens is 3. The van der Waals surface area contributed by atoms with Gasteiger partial charge in [-0.15, -0.1) is 24.0 Å². The number of aliphatic imine (C=N–C) groups is 1. The Labute approximate surface area is 171 Å². The van der Waals surface area contributed by atoms with Crippen molar-refractivity contribution in [2.45, 2.75) is 44.6 Å². The molecular weight excluding hydrogens is 460 g/mol. The molecule has 0 aromatic heterocycles. The van der Waals surface area contributed by atoms with Gasteiger partial charge in [0.05, 0.1) is 6.54 Å². The van der Waals surface area contributed by atoms with Crippen LogP contribution in [0.4, 0.5) is 0 Å². The van der Waals surface area contributed by atoms with Crippen LogP contribution in [-0.2, 0) is 10.2 Å². The van der Waals surface area contributed by atoms with Gasteiger partial charge < -0.3 is 15.8 Å². The van der Waals surface area contributed by atoms with Crippen LogP contribution in [0.2, 0.25) is 10.0 Å². The predicted molar refractivity (Wildman–Crippen MR) is 113 cm³/mol. The number of benzene rings is 1. The molecule has 0 aliphatic carbocycles. The fourth-order valence-electron chi connectivity index (χ4n) is 2.85. The Morgan fingerprint density at radius 2 is 1.92 bits per heavy atom. The molecule has 136 valence electrons. The van der Waals surface area contributed by atoms with Crippen LogP contribution < -0.4 is 11.1 Å². The lowest BCUT2D eigenvalue weighted by Gasteiger charge is -2.37. The van der Waals surface area contributed by atoms with E-state index < -0.39 is 0 Å². The van der Waals surface area contributed by atoms with E-state index in [9.17, 15) is 0 Å². The first-order chi connectivity index (χ1) is 10.7. The Bertz CT molecular complexity index is 582. The molecule has 7 heteroatoms. The van der Waals surface area contributed by atoms with Crippen molar-refractivity contribution < 1.29 is 4.74 Å². The number of nitrogens with one attached hydrogen (secondary N) is 1. The van der Waals surface area contributed by atoms with E-state index >= 15 is 0 Å². The van der Waals surface area contributed by atoms with Crippen molar-refractivity contribution in [1.29, 1.82) is 0 Å². The highest BCUT2D eigenvalue weighted by Gasteiger charge is 2.36. The Hall–Kier alpha value is -0.240. The molecule has 1 aliphatic rings. The molecule has 4 nitrogen and oxygen atoms in total. The maximum atomic E-state index is 6.45. The van der Waals surface area contributed by atoms with Crippen LogP contribution >= 0.6 is 47.2 Å². The van der Waals surface area contributed by atoms with E-state index in [1.807, 2.05) is 12.1 Å². The number of rotatable bonds is 3. The lowest BCUT2D eigenvalue weighted by atomic mass is 9.74. The topological polar surface area (TPSA) is 59.6 Å². The van der Waals surface area contributed by atoms with Crippen LogP contribution in [0.5, 0.6) is 0 Å². The second-order valence-corrected chi connectivity index (χ2v) is 7.94. The Kier molecular flexibility index (Phi) is 8.10. The molecule has 2 rings (SSSR count). The highest BCUT2D eigenvalue weighted by atomic mass is 127. The van der Waals surface area contributed by atoms with Crippen molar-refractivity contribution in [3.63, 3.8) is 0 Å². The van der Waals surface area contributed by atoms with E-state index in [1.165, 1.54) is 0 Å². The smallest absolute Gasteiger partial charge is 0.189 e. The zero-order valence-corrected chi connectivity index (χ0v) is 18.2. The van der Waals surface area contributed by atoms with Crippen molar-refractivity contribution in [1.82, 2.24) is 5.32 Å². The first kappa shape index (κ1) is 21.8. The number of hydrogen-bond acceptors (Lipinski definition) is 2. The van der Waals surface area contributed by atoms with E-state index in [-0.39, 0.29) is 34.9 Å². The maximum absolute atomic E-state index is 6.45. The molecular formula is C17H26Cl2IN3O. The van der Waals surface area contributed by atoms with Crippen LogP contribution in [0.15, 0.2) is 23.2 Å². The number of ether oxygens (including phenoxy) is 1. The molecule has 0 unspecified atom stereocenters. The number of nitrogens with zero attached hydrogens (tertiary/aromatic N) is 1. The molecule has 0 saturated carbocycles. The third-order valence-corrected chi connectivity index (χ3v) is 4.56. The summed E-state index contributed by atoms with van der Waals surface area (Å²) >= 11 is 12.5. The van der Waals surface area contributed by atoms with Crippen LogP contribution in [0.25, 0.3) is 0 Å². The summed E-state index contributed by atoms with van der Waals surface area (Å²) in [6.45, 7) is 8.12. The van der Waals surface area contributed by atoms with Gasteiger partial charge in [-0.1, -0.05) is 29.3 Å². The highest BCUT2D eigenvalue weighted by molar-refractivity contribution is 14.0. The molecule has 1 aromatic carbocycles. The van der Waals surface area contributed by atoms with Crippen LogP contribution in [-0.4, -0.2) is 31.3 Å². The lowest BCUT2D eigenvalue weighted by molar-refractivity contribution is 0.0531. The minimum atomic E-state index is -0.163. The van der Waals surface area contributed by atoms with E-state index in [2.05, 4.69) is 31.1 Å². The summed E-state index contributed by atoms with van der Waals surface area (Å²) in [5.74, 6) is 0.452. The molecule has 1 fully saturated rings. The molecule has 3 N–H and O–H groups in total. The second-order valence-electron chi connectivity index (χ2n) is 7.09. The lowest BCUT2D eigenvalue weighted by Crippen LogP contribution is -2.46. The SMILES string of the molecule is CC(C)(C)NC(N)=NCC1(c2ccc(Cl)cc2Cl)CCOCC1.I. The summed E-state index contributed by atoms with van der Waals surface area (Å²) in [5.41, 5.74) is 6.82. The van der Waals surface area contributed by atoms with E-state index in [4.69, 9.17) is 33.7 Å². The summed E-state index contributed by atoms with van der Waals surface area (Å²) in [4.78, 5) is 4.58. The summed E-state index contributed by atoms with van der Waals surface area (Å²) in [7, 11) is 0. The van der Waals surface area contributed by atoms with Crippen molar-refractivity contribution in [3.8, 4) is 0 Å². The minimum Gasteiger partial charge on any atom is -0.381 e. The summed E-state index contributed by atoms with van der Waals surface area (Å²) in [6, 6.07) is 5.66. The fourth-order valence-corrected chi connectivity index (χ4v) is 3.46. The van der Waals surface area contributed by atoms with Gasteiger partial charge in [0.2, 0.25) is 0 Å². The van der Waals surface area contributed by atoms with E-state index in [1.54, 1.807) is 6.07 Å². The van der Waals surface area contributed by atoms with Gasteiger partial charge in [-0.25, -0.2) is 0 Å². The average Bonchev–Trinajstić information content (AvgIpc) is 2.44. The monoisotopic (exact) mass is 485 g/mol. The highest BCUT2D eigenvalue weighted by Crippen LogP contribution is 2.39. The molecule has 0 radical (unpaired) electrons. The average molecular weight is 486 g/mol. The van der Waals surface area contributed by atoms with Gasteiger partial charge >= 0.3 is 0 Å². The molecule has 0 bridgehead atoms. The zero-order valence-electron chi connectivity index (χ0n) is 14.4. The molecule has 1 saturated heterocycles. The number of guanidine groups is 1. The molecule has 1 aromatic rings. The van der Waals surface area contributed by atoms with Crippen LogP contribution in [0, 0.1) is 0 Å². The first-order valence-corrected chi connectivity index (χ1v) is 8.59. The maximum Gasteiger partial charge on any atom is 0.189 e. The van der Waals surface area contributed by atoms with Crippen LogP contribution in [0.1, 0.15) is 39.2 Å². The standard InChI is InChI=1S/C17H25Cl2N3O.HI/c1-16(2,3)22-15(20)21-11-17(6-8-23-9-7-17)13-5-4-12(18)10-14(13)19;/h4-5,10H,6-9,11H2,1-3H3,(H3,20,21,22);1H. The van der Waals surface area contributed by atoms with Crippen molar-refractivity contribution in [2.24, 2.45) is 10.7 Å². The molecule has 0 amide bonds. The van der Waals surface area contributed by atoms with Crippen molar-refractivity contribution in [3.05, 3.63) is 33.8 Å². The van der Waals surface area contributed by atoms with Gasteiger partial charge in [-0.3, -0.25) is 4.99 Å². The van der Waals surface area contributed by atoms with Gasteiger partial charge in [0.15, 0.2) is 5.96 Å². The quantitative estimate of drug-likeness (QED) is 0.380. The van der Waals surface area contributed by atoms with Gasteiger partial charge in [0.25, 0.3) is 0 Å². The first-order valence-electron chi connectivity index (χ1n) is 7.83. The van der Waals surface area contributed by atoms with Crippen molar-refractivity contribution in [2.75, 3.05) is 19.8 Å². The summed E-state index contributed by atoms with van der Waals surface area (Å²) < 4.78 is 5.53. The number of hydrogen-bond donors (Lipinski definition) is 2. The third kappa shape index (κ3) is 5.93. The largest absolute Gasteiger partial charge is 0.381 e. The van der Waals surface area contributed by atoms with Crippen molar-refractivity contribution >= 4 is 53.1 Å². The number of nitrogens with two attached hydrogens (primary N) is 1. The van der Waals surface area contributed by atoms with Gasteiger partial charge in [0.1, 0.15) is 0 Å². The molecule has 24 heavy (non-hydrogen) atoms. The zero-order chi connectivity index (χ0) is 17.1. The molecule has 0 spiro atoms. The Morgan fingerprint density at radius 1 is 1.29 bits per heavy atom. The molecule has 1 aliphatic heterocycles. The Morgan fingerprint density at radius 3 is 2.46 bits per heavy atom.